The molecule has 192 valence electrons. The highest BCUT2D eigenvalue weighted by molar-refractivity contribution is 5.98. The Morgan fingerprint density at radius 2 is 1.78 bits per heavy atom. The molecule has 36 heavy (non-hydrogen) atoms. The predicted molar refractivity (Wildman–Crippen MR) is 128 cm³/mol. The number of rotatable bonds is 7. The van der Waals surface area contributed by atoms with Gasteiger partial charge in [-0.05, 0) is 42.5 Å². The van der Waals surface area contributed by atoms with Crippen molar-refractivity contribution in [3.05, 3.63) is 65.5 Å². The van der Waals surface area contributed by atoms with Gasteiger partial charge in [0.25, 0.3) is 11.8 Å². The van der Waals surface area contributed by atoms with Gasteiger partial charge in [-0.1, -0.05) is 6.07 Å². The van der Waals surface area contributed by atoms with E-state index in [4.69, 9.17) is 14.2 Å². The molecule has 4 rings (SSSR count). The Labute approximate surface area is 209 Å². The standard InChI is InChI=1S/C26H30FN3O6/c1-34-15-12-28-23(31)22-17-36-26(30(22)25(33)18-6-8-20(27)9-7-18)10-13-29(14-11-26)24(32)19-4-3-5-21(16-19)35-2/h3-9,16,22H,10-15,17H2,1-2H3,(H,28,31)/t22-/m1/s1. The van der Waals surface area contributed by atoms with Crippen LogP contribution in [0, 0.1) is 5.82 Å². The minimum absolute atomic E-state index is 0.0234. The fraction of sp³-hybridized carbons (Fsp3) is 0.423. The monoisotopic (exact) mass is 499 g/mol. The second-order valence-corrected chi connectivity index (χ2v) is 8.76. The topological polar surface area (TPSA) is 97.4 Å². The van der Waals surface area contributed by atoms with E-state index in [0.29, 0.717) is 50.4 Å². The number of ether oxygens (including phenoxy) is 3. The Morgan fingerprint density at radius 1 is 1.06 bits per heavy atom. The van der Waals surface area contributed by atoms with E-state index in [0.717, 1.165) is 0 Å². The van der Waals surface area contributed by atoms with E-state index in [1.807, 2.05) is 0 Å². The van der Waals surface area contributed by atoms with Crippen LogP contribution in [0.25, 0.3) is 0 Å². The highest BCUT2D eigenvalue weighted by Crippen LogP contribution is 2.39. The van der Waals surface area contributed by atoms with Gasteiger partial charge in [0.15, 0.2) is 0 Å². The van der Waals surface area contributed by atoms with Crippen molar-refractivity contribution in [1.29, 1.82) is 0 Å². The molecule has 0 unspecified atom stereocenters. The summed E-state index contributed by atoms with van der Waals surface area (Å²) in [4.78, 5) is 42.9. The zero-order valence-corrected chi connectivity index (χ0v) is 20.4. The predicted octanol–water partition coefficient (Wildman–Crippen LogP) is 2.07. The summed E-state index contributed by atoms with van der Waals surface area (Å²) in [6, 6.07) is 11.3. The fourth-order valence-corrected chi connectivity index (χ4v) is 4.69. The first-order valence-electron chi connectivity index (χ1n) is 11.8. The molecule has 0 saturated carbocycles. The molecule has 2 aliphatic heterocycles. The van der Waals surface area contributed by atoms with E-state index in [1.54, 1.807) is 36.3 Å². The van der Waals surface area contributed by atoms with Crippen molar-refractivity contribution in [2.45, 2.75) is 24.6 Å². The van der Waals surface area contributed by atoms with Crippen LogP contribution in [-0.4, -0.2) is 86.4 Å². The molecule has 2 fully saturated rings. The van der Waals surface area contributed by atoms with Crippen molar-refractivity contribution in [3.8, 4) is 5.75 Å². The SMILES string of the molecule is COCCNC(=O)[C@H]1COC2(CCN(C(=O)c3cccc(OC)c3)CC2)N1C(=O)c1ccc(F)cc1. The first-order valence-corrected chi connectivity index (χ1v) is 11.8. The average Bonchev–Trinajstić information content (AvgIpc) is 3.27. The van der Waals surface area contributed by atoms with E-state index >= 15 is 0 Å². The van der Waals surface area contributed by atoms with Crippen LogP contribution < -0.4 is 10.1 Å². The Kier molecular flexibility index (Phi) is 7.85. The lowest BCUT2D eigenvalue weighted by atomic mass is 9.96. The highest BCUT2D eigenvalue weighted by atomic mass is 19.1. The van der Waals surface area contributed by atoms with Crippen molar-refractivity contribution in [3.63, 3.8) is 0 Å². The van der Waals surface area contributed by atoms with Crippen molar-refractivity contribution in [2.24, 2.45) is 0 Å². The lowest BCUT2D eigenvalue weighted by Gasteiger charge is -2.44. The minimum Gasteiger partial charge on any atom is -0.497 e. The zero-order chi connectivity index (χ0) is 25.7. The summed E-state index contributed by atoms with van der Waals surface area (Å²) in [5.74, 6) is -0.794. The van der Waals surface area contributed by atoms with Gasteiger partial charge in [0.05, 0.1) is 20.3 Å². The summed E-state index contributed by atoms with van der Waals surface area (Å²) >= 11 is 0. The summed E-state index contributed by atoms with van der Waals surface area (Å²) in [6.45, 7) is 1.32. The first kappa shape index (κ1) is 25.6. The number of nitrogens with zero attached hydrogens (tertiary/aromatic N) is 2. The molecule has 1 N–H and O–H groups in total. The number of carbonyl (C=O) groups is 3. The van der Waals surface area contributed by atoms with Gasteiger partial charge in [-0.15, -0.1) is 0 Å². The zero-order valence-electron chi connectivity index (χ0n) is 20.4. The van der Waals surface area contributed by atoms with E-state index in [2.05, 4.69) is 5.32 Å². The van der Waals surface area contributed by atoms with Gasteiger partial charge >= 0.3 is 0 Å². The molecule has 2 saturated heterocycles. The van der Waals surface area contributed by atoms with E-state index in [9.17, 15) is 18.8 Å². The maximum absolute atomic E-state index is 13.6. The number of hydrogen-bond acceptors (Lipinski definition) is 6. The quantitative estimate of drug-likeness (QED) is 0.586. The summed E-state index contributed by atoms with van der Waals surface area (Å²) in [5.41, 5.74) is -0.294. The molecule has 0 bridgehead atoms. The number of benzene rings is 2. The van der Waals surface area contributed by atoms with Gasteiger partial charge in [0.1, 0.15) is 23.3 Å². The fourth-order valence-electron chi connectivity index (χ4n) is 4.69. The van der Waals surface area contributed by atoms with E-state index in [-0.39, 0.29) is 24.0 Å². The summed E-state index contributed by atoms with van der Waals surface area (Å²) < 4.78 is 29.9. The Bertz CT molecular complexity index is 1100. The van der Waals surface area contributed by atoms with Gasteiger partial charge < -0.3 is 24.4 Å². The third-order valence-electron chi connectivity index (χ3n) is 6.63. The Hall–Kier alpha value is -3.50. The van der Waals surface area contributed by atoms with Crippen LogP contribution in [0.5, 0.6) is 5.75 Å². The number of amides is 3. The second-order valence-electron chi connectivity index (χ2n) is 8.76. The number of methoxy groups -OCH3 is 2. The third kappa shape index (κ3) is 5.19. The maximum Gasteiger partial charge on any atom is 0.256 e. The number of nitrogens with one attached hydrogen (secondary N) is 1. The first-order chi connectivity index (χ1) is 17.4. The van der Waals surface area contributed by atoms with Crippen molar-refractivity contribution >= 4 is 17.7 Å². The number of piperidine rings is 1. The molecule has 1 spiro atoms. The van der Waals surface area contributed by atoms with Crippen LogP contribution in [0.15, 0.2) is 48.5 Å². The molecular formula is C26H30FN3O6. The molecule has 0 aromatic heterocycles. The van der Waals surface area contributed by atoms with Gasteiger partial charge in [0, 0.05) is 50.7 Å². The molecule has 2 aromatic carbocycles. The number of likely N-dealkylation sites (tertiary alicyclic amines) is 1. The molecule has 10 heteroatoms. The molecule has 9 nitrogen and oxygen atoms in total. The molecule has 0 aliphatic carbocycles. The molecule has 2 aromatic rings. The van der Waals surface area contributed by atoms with Crippen molar-refractivity contribution in [1.82, 2.24) is 15.1 Å². The van der Waals surface area contributed by atoms with Crippen LogP contribution in [0.1, 0.15) is 33.6 Å². The van der Waals surface area contributed by atoms with E-state index in [1.165, 1.54) is 36.3 Å². The van der Waals surface area contributed by atoms with E-state index < -0.39 is 23.5 Å². The van der Waals surface area contributed by atoms with Crippen LogP contribution >= 0.6 is 0 Å². The summed E-state index contributed by atoms with van der Waals surface area (Å²) in [6.07, 6.45) is 0.662. The normalized spacial score (nSPS) is 18.8. The van der Waals surface area contributed by atoms with Gasteiger partial charge in [-0.25, -0.2) is 4.39 Å². The Morgan fingerprint density at radius 3 is 2.44 bits per heavy atom. The minimum atomic E-state index is -1.06. The van der Waals surface area contributed by atoms with Crippen LogP contribution in [0.3, 0.4) is 0 Å². The number of halogens is 1. The van der Waals surface area contributed by atoms with Crippen LogP contribution in [0.2, 0.25) is 0 Å². The number of carbonyl (C=O) groups excluding carboxylic acids is 3. The lowest BCUT2D eigenvalue weighted by Crippen LogP contribution is -2.60. The number of hydrogen-bond donors (Lipinski definition) is 1. The molecule has 2 heterocycles. The molecular weight excluding hydrogens is 469 g/mol. The van der Waals surface area contributed by atoms with Crippen LogP contribution in [-0.2, 0) is 14.3 Å². The third-order valence-corrected chi connectivity index (χ3v) is 6.63. The van der Waals surface area contributed by atoms with Gasteiger partial charge in [-0.3, -0.25) is 19.3 Å². The molecule has 0 radical (unpaired) electrons. The van der Waals surface area contributed by atoms with Gasteiger partial charge in [-0.2, -0.15) is 0 Å². The van der Waals surface area contributed by atoms with Crippen molar-refractivity contribution < 1.29 is 33.0 Å². The second kappa shape index (κ2) is 11.0. The van der Waals surface area contributed by atoms with Crippen molar-refractivity contribution in [2.75, 3.05) is 47.1 Å². The maximum atomic E-state index is 13.6. The summed E-state index contributed by atoms with van der Waals surface area (Å²) in [5, 5.41) is 2.78. The lowest BCUT2D eigenvalue weighted by molar-refractivity contribution is -0.128. The summed E-state index contributed by atoms with van der Waals surface area (Å²) in [7, 11) is 3.07. The largest absolute Gasteiger partial charge is 0.497 e. The Balaban J connectivity index is 1.54. The van der Waals surface area contributed by atoms with Gasteiger partial charge in [0.2, 0.25) is 5.91 Å². The molecule has 1 atom stereocenters. The molecule has 3 amide bonds. The average molecular weight is 500 g/mol. The highest BCUT2D eigenvalue weighted by Gasteiger charge is 2.54. The van der Waals surface area contributed by atoms with Crippen LogP contribution in [0.4, 0.5) is 4.39 Å². The molecule has 2 aliphatic rings. The smallest absolute Gasteiger partial charge is 0.256 e.